The van der Waals surface area contributed by atoms with Gasteiger partial charge in [0.15, 0.2) is 0 Å². The van der Waals surface area contributed by atoms with Gasteiger partial charge in [-0.2, -0.15) is 0 Å². The fourth-order valence-electron chi connectivity index (χ4n) is 4.04. The van der Waals surface area contributed by atoms with E-state index in [0.717, 1.165) is 22.6 Å². The molecule has 0 aliphatic carbocycles. The Hall–Kier alpha value is -2.73. The number of benzene rings is 2. The van der Waals surface area contributed by atoms with Gasteiger partial charge in [0.1, 0.15) is 0 Å². The van der Waals surface area contributed by atoms with E-state index in [1.165, 1.54) is 7.11 Å². The van der Waals surface area contributed by atoms with Crippen LogP contribution in [0.1, 0.15) is 24.4 Å². The highest BCUT2D eigenvalue weighted by Crippen LogP contribution is 2.48. The predicted octanol–water partition coefficient (Wildman–Crippen LogP) is 4.01. The number of ether oxygens (including phenoxy) is 1. The summed E-state index contributed by atoms with van der Waals surface area (Å²) in [7, 11) is 3.31. The number of carbonyl (C=O) groups is 2. The molecule has 6 nitrogen and oxygen atoms in total. The molecule has 0 spiro atoms. The summed E-state index contributed by atoms with van der Waals surface area (Å²) >= 11 is 6.26. The van der Waals surface area contributed by atoms with Crippen molar-refractivity contribution in [2.75, 3.05) is 24.0 Å². The van der Waals surface area contributed by atoms with Crippen molar-refractivity contribution in [2.45, 2.75) is 24.9 Å². The van der Waals surface area contributed by atoms with Crippen molar-refractivity contribution in [3.05, 3.63) is 53.1 Å². The highest BCUT2D eigenvalue weighted by molar-refractivity contribution is 6.31. The van der Waals surface area contributed by atoms with Gasteiger partial charge >= 0.3 is 6.09 Å². The summed E-state index contributed by atoms with van der Waals surface area (Å²) in [6, 6.07) is 12.9. The molecular formula is C20H20ClN3O3. The minimum Gasteiger partial charge on any atom is -0.453 e. The molecule has 2 aromatic rings. The first-order valence-electron chi connectivity index (χ1n) is 8.80. The van der Waals surface area contributed by atoms with Crippen molar-refractivity contribution in [2.24, 2.45) is 0 Å². The van der Waals surface area contributed by atoms with E-state index in [2.05, 4.69) is 10.2 Å². The molecule has 2 amide bonds. The summed E-state index contributed by atoms with van der Waals surface area (Å²) in [4.78, 5) is 28.8. The zero-order chi connectivity index (χ0) is 19.1. The number of hydrogen-bond donors (Lipinski definition) is 1. The number of carbonyl (C=O) groups excluding carboxylic acids is 2. The number of alkyl carbamates (subject to hydrolysis) is 1. The highest BCUT2D eigenvalue weighted by atomic mass is 35.5. The number of para-hydroxylation sites is 1. The Kier molecular flexibility index (Phi) is 4.44. The van der Waals surface area contributed by atoms with Crippen LogP contribution in [0.4, 0.5) is 21.9 Å². The third-order valence-electron chi connectivity index (χ3n) is 5.26. The first-order chi connectivity index (χ1) is 13.0. The molecule has 0 unspecified atom stereocenters. The number of nitrogens with one attached hydrogen (secondary N) is 1. The Bertz CT molecular complexity index is 917. The zero-order valence-electron chi connectivity index (χ0n) is 15.1. The number of amides is 2. The van der Waals surface area contributed by atoms with Crippen molar-refractivity contribution in [3.63, 3.8) is 0 Å². The second-order valence-electron chi connectivity index (χ2n) is 6.74. The first kappa shape index (κ1) is 17.7. The molecule has 1 fully saturated rings. The van der Waals surface area contributed by atoms with Gasteiger partial charge in [0, 0.05) is 29.7 Å². The van der Waals surface area contributed by atoms with Gasteiger partial charge in [0.05, 0.1) is 30.6 Å². The zero-order valence-corrected chi connectivity index (χ0v) is 15.9. The van der Waals surface area contributed by atoms with Gasteiger partial charge < -0.3 is 19.9 Å². The van der Waals surface area contributed by atoms with E-state index in [9.17, 15) is 9.59 Å². The minimum atomic E-state index is -0.504. The average Bonchev–Trinajstić information content (AvgIpc) is 2.78. The molecule has 2 aliphatic heterocycles. The number of halogens is 1. The molecule has 0 radical (unpaired) electrons. The third kappa shape index (κ3) is 2.90. The SMILES string of the molecule is COC(=O)N[C@H]1CCC(=O)N2c3cc(Cl)ccc3N(C)c3ccccc3[C@@H]12. The van der Waals surface area contributed by atoms with E-state index in [1.807, 2.05) is 49.5 Å². The smallest absolute Gasteiger partial charge is 0.407 e. The van der Waals surface area contributed by atoms with Crippen LogP contribution in [-0.2, 0) is 9.53 Å². The maximum absolute atomic E-state index is 13.0. The maximum Gasteiger partial charge on any atom is 0.407 e. The van der Waals surface area contributed by atoms with Crippen LogP contribution in [0.5, 0.6) is 0 Å². The highest BCUT2D eigenvalue weighted by Gasteiger charge is 2.43. The predicted molar refractivity (Wildman–Crippen MR) is 105 cm³/mol. The van der Waals surface area contributed by atoms with Gasteiger partial charge in [0.2, 0.25) is 5.91 Å². The summed E-state index contributed by atoms with van der Waals surface area (Å²) in [5.74, 6) is 0.0107. The molecule has 27 heavy (non-hydrogen) atoms. The lowest BCUT2D eigenvalue weighted by atomic mass is 9.89. The molecule has 2 heterocycles. The van der Waals surface area contributed by atoms with Crippen LogP contribution in [-0.4, -0.2) is 32.2 Å². The Balaban J connectivity index is 1.94. The Morgan fingerprint density at radius 2 is 1.96 bits per heavy atom. The van der Waals surface area contributed by atoms with Crippen LogP contribution < -0.4 is 15.1 Å². The van der Waals surface area contributed by atoms with Crippen LogP contribution in [0.15, 0.2) is 42.5 Å². The maximum atomic E-state index is 13.0. The van der Waals surface area contributed by atoms with Crippen molar-refractivity contribution >= 4 is 40.7 Å². The number of rotatable bonds is 1. The average molecular weight is 386 g/mol. The van der Waals surface area contributed by atoms with E-state index in [1.54, 1.807) is 4.90 Å². The van der Waals surface area contributed by atoms with Crippen LogP contribution in [0.25, 0.3) is 0 Å². The van der Waals surface area contributed by atoms with Crippen LogP contribution in [0, 0.1) is 0 Å². The Morgan fingerprint density at radius 1 is 1.19 bits per heavy atom. The molecule has 0 bridgehead atoms. The molecular weight excluding hydrogens is 366 g/mol. The molecule has 2 aliphatic rings. The number of fused-ring (bicyclic) bond motifs is 5. The van der Waals surface area contributed by atoms with Crippen LogP contribution >= 0.6 is 11.6 Å². The second kappa shape index (κ2) is 6.78. The standard InChI is InChI=1S/C20H20ClN3O3/c1-23-15-6-4-3-5-13(15)19-14(22-20(26)27-2)8-10-18(25)24(19)17-11-12(21)7-9-16(17)23/h3-7,9,11,14,19H,8,10H2,1-2H3,(H,22,26)/t14-,19-/m0/s1. The lowest BCUT2D eigenvalue weighted by Gasteiger charge is -2.41. The van der Waals surface area contributed by atoms with Gasteiger partial charge in [-0.1, -0.05) is 29.8 Å². The van der Waals surface area contributed by atoms with Gasteiger partial charge in [-0.25, -0.2) is 4.79 Å². The van der Waals surface area contributed by atoms with Gasteiger partial charge in [0.25, 0.3) is 0 Å². The van der Waals surface area contributed by atoms with Crippen LogP contribution in [0.3, 0.4) is 0 Å². The summed E-state index contributed by atoms with van der Waals surface area (Å²) < 4.78 is 4.80. The Labute approximate surface area is 162 Å². The van der Waals surface area contributed by atoms with Gasteiger partial charge in [-0.05, 0) is 30.7 Å². The summed E-state index contributed by atoms with van der Waals surface area (Å²) in [5.41, 5.74) is 3.59. The lowest BCUT2D eigenvalue weighted by molar-refractivity contribution is -0.120. The second-order valence-corrected chi connectivity index (χ2v) is 7.18. The fourth-order valence-corrected chi connectivity index (χ4v) is 4.21. The van der Waals surface area contributed by atoms with E-state index in [0.29, 0.717) is 17.9 Å². The van der Waals surface area contributed by atoms with Crippen molar-refractivity contribution < 1.29 is 14.3 Å². The fraction of sp³-hybridized carbons (Fsp3) is 0.300. The van der Waals surface area contributed by atoms with E-state index < -0.39 is 6.09 Å². The molecule has 1 saturated heterocycles. The lowest BCUT2D eigenvalue weighted by Crippen LogP contribution is -2.52. The molecule has 0 saturated carbocycles. The number of hydrogen-bond acceptors (Lipinski definition) is 4. The number of methoxy groups -OCH3 is 1. The summed E-state index contributed by atoms with van der Waals surface area (Å²) in [6.45, 7) is 0. The topological polar surface area (TPSA) is 61.9 Å². The van der Waals surface area contributed by atoms with Crippen molar-refractivity contribution in [1.82, 2.24) is 5.32 Å². The number of anilines is 3. The molecule has 0 aromatic heterocycles. The summed E-state index contributed by atoms with van der Waals surface area (Å²) in [6.07, 6.45) is 0.377. The third-order valence-corrected chi connectivity index (χ3v) is 5.50. The van der Waals surface area contributed by atoms with Crippen LogP contribution in [0.2, 0.25) is 5.02 Å². The molecule has 4 rings (SSSR count). The quantitative estimate of drug-likeness (QED) is 0.805. The monoisotopic (exact) mass is 385 g/mol. The molecule has 2 aromatic carbocycles. The number of nitrogens with zero attached hydrogens (tertiary/aromatic N) is 2. The normalized spacial score (nSPS) is 20.9. The van der Waals surface area contributed by atoms with E-state index in [4.69, 9.17) is 16.3 Å². The number of piperidine rings is 1. The molecule has 140 valence electrons. The van der Waals surface area contributed by atoms with E-state index in [-0.39, 0.29) is 18.0 Å². The van der Waals surface area contributed by atoms with Gasteiger partial charge in [-0.3, -0.25) is 4.79 Å². The van der Waals surface area contributed by atoms with Gasteiger partial charge in [-0.15, -0.1) is 0 Å². The minimum absolute atomic E-state index is 0.0107. The Morgan fingerprint density at radius 3 is 2.74 bits per heavy atom. The van der Waals surface area contributed by atoms with E-state index >= 15 is 0 Å². The first-order valence-corrected chi connectivity index (χ1v) is 9.18. The van der Waals surface area contributed by atoms with Crippen molar-refractivity contribution in [1.29, 1.82) is 0 Å². The molecule has 7 heteroatoms. The molecule has 2 atom stereocenters. The summed E-state index contributed by atoms with van der Waals surface area (Å²) in [5, 5.41) is 3.47. The largest absolute Gasteiger partial charge is 0.453 e. The molecule has 1 N–H and O–H groups in total. The van der Waals surface area contributed by atoms with Crippen molar-refractivity contribution in [3.8, 4) is 0 Å².